The third-order valence-electron chi connectivity index (χ3n) is 4.85. The smallest absolute Gasteiger partial charge is 0.256 e. The van der Waals surface area contributed by atoms with Crippen LogP contribution in [0.15, 0.2) is 48.5 Å². The first-order valence-electron chi connectivity index (χ1n) is 10.5. The van der Waals surface area contributed by atoms with Gasteiger partial charge in [-0.3, -0.25) is 9.59 Å². The molecule has 0 atom stereocenters. The molecular formula is C24H31ClN2O2. The Kier molecular flexibility index (Phi) is 9.72. The molecule has 5 heteroatoms. The maximum Gasteiger partial charge on any atom is 0.256 e. The van der Waals surface area contributed by atoms with Crippen molar-refractivity contribution in [3.63, 3.8) is 0 Å². The number of hydrogen-bond donors (Lipinski definition) is 1. The normalized spacial score (nSPS) is 10.6. The van der Waals surface area contributed by atoms with Crippen LogP contribution in [0.5, 0.6) is 0 Å². The first kappa shape index (κ1) is 23.0. The Hall–Kier alpha value is -2.33. The van der Waals surface area contributed by atoms with Crippen molar-refractivity contribution in [3.8, 4) is 0 Å². The Bertz CT molecular complexity index is 780. The fourth-order valence-electron chi connectivity index (χ4n) is 3.19. The molecule has 0 aromatic heterocycles. The number of carbonyl (C=O) groups excluding carboxylic acids is 2. The van der Waals surface area contributed by atoms with Gasteiger partial charge < -0.3 is 10.2 Å². The standard InChI is InChI=1S/C24H31ClN2O2/c1-3-5-9-17-27(18-10-6-4-2)24(29)22-12-8-7-11-21(22)23(28)26-20-15-13-19(25)14-16-20/h7-8,11-16H,3-6,9-10,17-18H2,1-2H3,(H,26,28). The monoisotopic (exact) mass is 414 g/mol. The third-order valence-corrected chi connectivity index (χ3v) is 5.11. The van der Waals surface area contributed by atoms with Crippen molar-refractivity contribution in [1.29, 1.82) is 0 Å². The van der Waals surface area contributed by atoms with Crippen molar-refractivity contribution < 1.29 is 9.59 Å². The molecule has 2 rings (SSSR count). The van der Waals surface area contributed by atoms with Crippen LogP contribution in [0.2, 0.25) is 5.02 Å². The zero-order chi connectivity index (χ0) is 21.1. The van der Waals surface area contributed by atoms with Crippen molar-refractivity contribution >= 4 is 29.1 Å². The highest BCUT2D eigenvalue weighted by molar-refractivity contribution is 6.30. The topological polar surface area (TPSA) is 49.4 Å². The van der Waals surface area contributed by atoms with E-state index in [1.807, 2.05) is 11.0 Å². The number of halogens is 1. The van der Waals surface area contributed by atoms with Crippen molar-refractivity contribution in [2.75, 3.05) is 18.4 Å². The van der Waals surface area contributed by atoms with Crippen LogP contribution in [0.1, 0.15) is 73.1 Å². The Morgan fingerprint density at radius 2 is 1.38 bits per heavy atom. The van der Waals surface area contributed by atoms with E-state index in [9.17, 15) is 9.59 Å². The molecule has 0 heterocycles. The molecule has 156 valence electrons. The second-order valence-electron chi connectivity index (χ2n) is 7.21. The maximum absolute atomic E-state index is 13.3. The van der Waals surface area contributed by atoms with E-state index in [0.29, 0.717) is 21.8 Å². The summed E-state index contributed by atoms with van der Waals surface area (Å²) in [4.78, 5) is 28.0. The van der Waals surface area contributed by atoms with Crippen molar-refractivity contribution in [1.82, 2.24) is 4.90 Å². The molecule has 0 spiro atoms. The molecule has 1 N–H and O–H groups in total. The van der Waals surface area contributed by atoms with Crippen LogP contribution < -0.4 is 5.32 Å². The summed E-state index contributed by atoms with van der Waals surface area (Å²) < 4.78 is 0. The first-order chi connectivity index (χ1) is 14.1. The highest BCUT2D eigenvalue weighted by atomic mass is 35.5. The predicted octanol–water partition coefficient (Wildman–Crippen LogP) is 6.41. The molecule has 0 unspecified atom stereocenters. The van der Waals surface area contributed by atoms with Gasteiger partial charge in [-0.1, -0.05) is 63.3 Å². The Balaban J connectivity index is 2.18. The average molecular weight is 415 g/mol. The molecule has 29 heavy (non-hydrogen) atoms. The lowest BCUT2D eigenvalue weighted by Gasteiger charge is -2.24. The van der Waals surface area contributed by atoms with Gasteiger partial charge in [0.1, 0.15) is 0 Å². The van der Waals surface area contributed by atoms with Crippen molar-refractivity contribution in [3.05, 3.63) is 64.7 Å². The summed E-state index contributed by atoms with van der Waals surface area (Å²) in [6, 6.07) is 14.0. The number of benzene rings is 2. The number of nitrogens with one attached hydrogen (secondary N) is 1. The molecule has 2 amide bonds. The van der Waals surface area contributed by atoms with Crippen molar-refractivity contribution in [2.24, 2.45) is 0 Å². The van der Waals surface area contributed by atoms with E-state index in [4.69, 9.17) is 11.6 Å². The number of rotatable bonds is 11. The molecular weight excluding hydrogens is 384 g/mol. The van der Waals surface area contributed by atoms with Gasteiger partial charge in [0, 0.05) is 23.8 Å². The molecule has 0 saturated carbocycles. The van der Waals surface area contributed by atoms with Crippen LogP contribution in [0.25, 0.3) is 0 Å². The fourth-order valence-corrected chi connectivity index (χ4v) is 3.32. The van der Waals surface area contributed by atoms with E-state index in [0.717, 1.165) is 51.6 Å². The molecule has 0 aliphatic heterocycles. The van der Waals surface area contributed by atoms with Gasteiger partial charge in [0.2, 0.25) is 0 Å². The highest BCUT2D eigenvalue weighted by Crippen LogP contribution is 2.18. The molecule has 0 bridgehead atoms. The van der Waals surface area contributed by atoms with Crippen LogP contribution in [-0.4, -0.2) is 29.8 Å². The van der Waals surface area contributed by atoms with Gasteiger partial charge >= 0.3 is 0 Å². The lowest BCUT2D eigenvalue weighted by atomic mass is 10.0. The number of carbonyl (C=O) groups is 2. The third kappa shape index (κ3) is 7.21. The molecule has 0 aliphatic rings. The lowest BCUT2D eigenvalue weighted by Crippen LogP contribution is -2.34. The number of unbranched alkanes of at least 4 members (excludes halogenated alkanes) is 4. The van der Waals surface area contributed by atoms with Crippen LogP contribution in [0.4, 0.5) is 5.69 Å². The van der Waals surface area contributed by atoms with Crippen LogP contribution in [0.3, 0.4) is 0 Å². The van der Waals surface area contributed by atoms with Gasteiger partial charge in [0.15, 0.2) is 0 Å². The molecule has 2 aromatic carbocycles. The summed E-state index contributed by atoms with van der Waals surface area (Å²) in [6.45, 7) is 5.76. The van der Waals surface area contributed by atoms with Crippen molar-refractivity contribution in [2.45, 2.75) is 52.4 Å². The SMILES string of the molecule is CCCCCN(CCCCC)C(=O)c1ccccc1C(=O)Nc1ccc(Cl)cc1. The van der Waals surface area contributed by atoms with E-state index in [1.54, 1.807) is 42.5 Å². The molecule has 2 aromatic rings. The summed E-state index contributed by atoms with van der Waals surface area (Å²) in [7, 11) is 0. The van der Waals surface area contributed by atoms with Gasteiger partial charge in [-0.25, -0.2) is 0 Å². The Labute approximate surface area is 179 Å². The Morgan fingerprint density at radius 1 is 0.828 bits per heavy atom. The van der Waals surface area contributed by atoms with Crippen LogP contribution in [0, 0.1) is 0 Å². The van der Waals surface area contributed by atoms with Crippen LogP contribution >= 0.6 is 11.6 Å². The largest absolute Gasteiger partial charge is 0.339 e. The summed E-state index contributed by atoms with van der Waals surface area (Å²) in [5.41, 5.74) is 1.49. The maximum atomic E-state index is 13.3. The van der Waals surface area contributed by atoms with E-state index >= 15 is 0 Å². The summed E-state index contributed by atoms with van der Waals surface area (Å²) in [5, 5.41) is 3.46. The van der Waals surface area contributed by atoms with Crippen LogP contribution in [-0.2, 0) is 0 Å². The predicted molar refractivity (Wildman–Crippen MR) is 121 cm³/mol. The number of nitrogens with zero attached hydrogens (tertiary/aromatic N) is 1. The van der Waals surface area contributed by atoms with E-state index in [-0.39, 0.29) is 11.8 Å². The second kappa shape index (κ2) is 12.3. The quantitative estimate of drug-likeness (QED) is 0.431. The molecule has 4 nitrogen and oxygen atoms in total. The Morgan fingerprint density at radius 3 is 1.93 bits per heavy atom. The summed E-state index contributed by atoms with van der Waals surface area (Å²) in [5.74, 6) is -0.364. The number of hydrogen-bond acceptors (Lipinski definition) is 2. The fraction of sp³-hybridized carbons (Fsp3) is 0.417. The summed E-state index contributed by atoms with van der Waals surface area (Å²) >= 11 is 5.91. The average Bonchev–Trinajstić information content (AvgIpc) is 2.74. The minimum atomic E-state index is -0.293. The molecule has 0 saturated heterocycles. The van der Waals surface area contributed by atoms with Gasteiger partial charge in [-0.05, 0) is 49.2 Å². The molecule has 0 fully saturated rings. The van der Waals surface area contributed by atoms with Gasteiger partial charge in [-0.2, -0.15) is 0 Å². The molecule has 0 aliphatic carbocycles. The second-order valence-corrected chi connectivity index (χ2v) is 7.65. The molecule has 0 radical (unpaired) electrons. The first-order valence-corrected chi connectivity index (χ1v) is 10.9. The zero-order valence-electron chi connectivity index (χ0n) is 17.4. The number of anilines is 1. The highest BCUT2D eigenvalue weighted by Gasteiger charge is 2.21. The van der Waals surface area contributed by atoms with E-state index in [1.165, 1.54) is 0 Å². The number of amides is 2. The van der Waals surface area contributed by atoms with Gasteiger partial charge in [-0.15, -0.1) is 0 Å². The minimum absolute atomic E-state index is 0.0703. The minimum Gasteiger partial charge on any atom is -0.339 e. The summed E-state index contributed by atoms with van der Waals surface area (Å²) in [6.07, 6.45) is 6.36. The van der Waals surface area contributed by atoms with Gasteiger partial charge in [0.05, 0.1) is 11.1 Å². The zero-order valence-corrected chi connectivity index (χ0v) is 18.2. The van der Waals surface area contributed by atoms with E-state index < -0.39 is 0 Å². The van der Waals surface area contributed by atoms with Gasteiger partial charge in [0.25, 0.3) is 11.8 Å². The van der Waals surface area contributed by atoms with E-state index in [2.05, 4.69) is 19.2 Å². The lowest BCUT2D eigenvalue weighted by molar-refractivity contribution is 0.0745.